The molecule has 3 heterocycles. The van der Waals surface area contributed by atoms with Crippen LogP contribution in [0.1, 0.15) is 0 Å². The molecule has 0 aliphatic heterocycles. The summed E-state index contributed by atoms with van der Waals surface area (Å²) in [7, 11) is 0. The quantitative estimate of drug-likeness (QED) is 0.161. The second-order valence-electron chi connectivity index (χ2n) is 15.6. The Morgan fingerprint density at radius 3 is 1.52 bits per heavy atom. The van der Waals surface area contributed by atoms with Gasteiger partial charge in [-0.05, 0) is 88.0 Å². The second kappa shape index (κ2) is 14.7. The smallest absolute Gasteiger partial charge is 0.164 e. The average Bonchev–Trinajstić information content (AvgIpc) is 3.90. The number of fused-ring (bicyclic) bond motifs is 6. The lowest BCUT2D eigenvalue weighted by molar-refractivity contribution is 0.669. The molecule has 290 valence electrons. The molecule has 12 rings (SSSR count). The van der Waals surface area contributed by atoms with Gasteiger partial charge in [0.1, 0.15) is 11.2 Å². The summed E-state index contributed by atoms with van der Waals surface area (Å²) in [5, 5.41) is 4.48. The number of benzene rings is 9. The maximum Gasteiger partial charge on any atom is 0.164 e. The van der Waals surface area contributed by atoms with E-state index in [0.717, 1.165) is 61.0 Å². The van der Waals surface area contributed by atoms with Crippen LogP contribution < -0.4 is 0 Å². The van der Waals surface area contributed by atoms with Crippen LogP contribution in [0.4, 0.5) is 0 Å². The number of rotatable bonds is 7. The average molecular weight is 793 g/mol. The van der Waals surface area contributed by atoms with Crippen LogP contribution in [0.3, 0.4) is 0 Å². The molecule has 0 amide bonds. The van der Waals surface area contributed by atoms with Crippen molar-refractivity contribution in [3.63, 3.8) is 0 Å². The van der Waals surface area contributed by atoms with E-state index in [1.807, 2.05) is 72.8 Å². The van der Waals surface area contributed by atoms with Crippen LogP contribution in [0.5, 0.6) is 0 Å². The number of hydrogen-bond acceptors (Lipinski definition) is 4. The van der Waals surface area contributed by atoms with Crippen molar-refractivity contribution in [1.29, 1.82) is 0 Å². The minimum atomic E-state index is 0.599. The summed E-state index contributed by atoms with van der Waals surface area (Å²) in [5.74, 6) is 1.85. The predicted molar refractivity (Wildman–Crippen MR) is 254 cm³/mol. The number of hydrogen-bond donors (Lipinski definition) is 0. The lowest BCUT2D eigenvalue weighted by atomic mass is 9.96. The normalized spacial score (nSPS) is 11.5. The molecule has 0 radical (unpaired) electrons. The third-order valence-corrected chi connectivity index (χ3v) is 11.9. The molecule has 0 N–H and O–H groups in total. The summed E-state index contributed by atoms with van der Waals surface area (Å²) in [4.78, 5) is 15.0. The van der Waals surface area contributed by atoms with E-state index in [1.165, 1.54) is 38.5 Å². The van der Waals surface area contributed by atoms with Crippen LogP contribution in [-0.4, -0.2) is 19.5 Å². The lowest BCUT2D eigenvalue weighted by Gasteiger charge is -2.10. The number of furan rings is 1. The van der Waals surface area contributed by atoms with Crippen molar-refractivity contribution in [3.05, 3.63) is 218 Å². The van der Waals surface area contributed by atoms with Gasteiger partial charge < -0.3 is 8.98 Å². The van der Waals surface area contributed by atoms with Crippen LogP contribution in [0.15, 0.2) is 223 Å². The second-order valence-corrected chi connectivity index (χ2v) is 15.6. The molecule has 0 saturated carbocycles. The van der Waals surface area contributed by atoms with Gasteiger partial charge in [-0.25, -0.2) is 15.0 Å². The van der Waals surface area contributed by atoms with E-state index in [2.05, 4.69) is 150 Å². The number of nitrogens with zero attached hydrogens (tertiary/aromatic N) is 4. The lowest BCUT2D eigenvalue weighted by Crippen LogP contribution is -2.00. The minimum absolute atomic E-state index is 0.599. The zero-order valence-electron chi connectivity index (χ0n) is 33.5. The van der Waals surface area contributed by atoms with Crippen molar-refractivity contribution in [1.82, 2.24) is 19.5 Å². The Labute approximate surface area is 357 Å². The van der Waals surface area contributed by atoms with Gasteiger partial charge in [-0.15, -0.1) is 0 Å². The largest absolute Gasteiger partial charge is 0.456 e. The van der Waals surface area contributed by atoms with Gasteiger partial charge >= 0.3 is 0 Å². The Bertz CT molecular complexity index is 3550. The molecule has 0 aliphatic carbocycles. The Morgan fingerprint density at radius 2 is 0.806 bits per heavy atom. The van der Waals surface area contributed by atoms with Gasteiger partial charge in [0.15, 0.2) is 17.5 Å². The van der Waals surface area contributed by atoms with Crippen LogP contribution in [0.2, 0.25) is 0 Å². The summed E-state index contributed by atoms with van der Waals surface area (Å²) in [5.41, 5.74) is 14.9. The van der Waals surface area contributed by atoms with Gasteiger partial charge in [-0.2, -0.15) is 0 Å². The van der Waals surface area contributed by atoms with Crippen molar-refractivity contribution in [2.24, 2.45) is 0 Å². The molecule has 0 atom stereocenters. The molecule has 5 nitrogen and oxygen atoms in total. The van der Waals surface area contributed by atoms with E-state index in [0.29, 0.717) is 17.5 Å². The molecule has 0 aliphatic rings. The topological polar surface area (TPSA) is 56.7 Å². The fourth-order valence-corrected chi connectivity index (χ4v) is 8.86. The summed E-state index contributed by atoms with van der Waals surface area (Å²) in [6.07, 6.45) is 0. The molecule has 9 aromatic carbocycles. The highest BCUT2D eigenvalue weighted by Crippen LogP contribution is 2.40. The maximum absolute atomic E-state index is 6.45. The van der Waals surface area contributed by atoms with Gasteiger partial charge in [0.05, 0.1) is 11.0 Å². The SMILES string of the molecule is c1ccc(-c2nc(-c3ccccc3)nc(-c3cccc4oc5ccc(-c6ccc(-c7cccc(-c8ccc9c(c8)c8ccccc8n9-c8ccccc8)c7)cc6)cc5c34)n2)cc1. The molecule has 0 spiro atoms. The zero-order chi connectivity index (χ0) is 41.0. The zero-order valence-corrected chi connectivity index (χ0v) is 33.5. The molecular weight excluding hydrogens is 757 g/mol. The summed E-state index contributed by atoms with van der Waals surface area (Å²) < 4.78 is 8.81. The standard InChI is InChI=1S/C57H36N4O/c1-4-14-39(15-5-1)55-58-56(40-16-6-2-7-17-40)60-57(59-55)47-23-13-25-53-54(47)49-36-43(31-33-52(49)62-53)38-28-26-37(27-29-38)41-18-12-19-42(34-41)44-30-32-51-48(35-44)46-22-10-11-24-50(46)61(51)45-20-8-3-9-21-45/h1-36H. The first-order chi connectivity index (χ1) is 30.7. The molecule has 0 fully saturated rings. The van der Waals surface area contributed by atoms with Gasteiger partial charge in [-0.1, -0.05) is 164 Å². The third-order valence-electron chi connectivity index (χ3n) is 11.9. The first-order valence-corrected chi connectivity index (χ1v) is 20.8. The third kappa shape index (κ3) is 6.14. The molecule has 5 heteroatoms. The molecule has 0 bridgehead atoms. The molecule has 3 aromatic heterocycles. The maximum atomic E-state index is 6.45. The van der Waals surface area contributed by atoms with Crippen molar-refractivity contribution in [2.45, 2.75) is 0 Å². The van der Waals surface area contributed by atoms with Crippen LogP contribution in [0.25, 0.3) is 117 Å². The van der Waals surface area contributed by atoms with E-state index in [9.17, 15) is 0 Å². The Kier molecular flexibility index (Phi) is 8.42. The van der Waals surface area contributed by atoms with Crippen molar-refractivity contribution < 1.29 is 4.42 Å². The van der Waals surface area contributed by atoms with E-state index < -0.39 is 0 Å². The van der Waals surface area contributed by atoms with Gasteiger partial charge in [0.2, 0.25) is 0 Å². The van der Waals surface area contributed by atoms with E-state index in [4.69, 9.17) is 19.4 Å². The Balaban J connectivity index is 0.897. The summed E-state index contributed by atoms with van der Waals surface area (Å²) in [6, 6.07) is 76.5. The molecule has 62 heavy (non-hydrogen) atoms. The van der Waals surface area contributed by atoms with Gasteiger partial charge in [0.25, 0.3) is 0 Å². The van der Waals surface area contributed by atoms with Crippen molar-refractivity contribution in [3.8, 4) is 73.2 Å². The molecule has 0 unspecified atom stereocenters. The molecular formula is C57H36N4O. The van der Waals surface area contributed by atoms with E-state index in [-0.39, 0.29) is 0 Å². The highest BCUT2D eigenvalue weighted by molar-refractivity contribution is 6.13. The monoisotopic (exact) mass is 792 g/mol. The van der Waals surface area contributed by atoms with Gasteiger partial charge in [0, 0.05) is 43.9 Å². The highest BCUT2D eigenvalue weighted by Gasteiger charge is 2.19. The first-order valence-electron chi connectivity index (χ1n) is 20.8. The Hall–Kier alpha value is -8.41. The van der Waals surface area contributed by atoms with Crippen molar-refractivity contribution >= 4 is 43.7 Å². The summed E-state index contributed by atoms with van der Waals surface area (Å²) in [6.45, 7) is 0. The van der Waals surface area contributed by atoms with Crippen LogP contribution in [-0.2, 0) is 0 Å². The van der Waals surface area contributed by atoms with Gasteiger partial charge in [-0.3, -0.25) is 0 Å². The van der Waals surface area contributed by atoms with Crippen molar-refractivity contribution in [2.75, 3.05) is 0 Å². The highest BCUT2D eigenvalue weighted by atomic mass is 16.3. The predicted octanol–water partition coefficient (Wildman–Crippen LogP) is 14.9. The minimum Gasteiger partial charge on any atom is -0.456 e. The molecule has 0 saturated heterocycles. The number of para-hydroxylation sites is 2. The first kappa shape index (κ1) is 35.5. The van der Waals surface area contributed by atoms with E-state index >= 15 is 0 Å². The molecule has 12 aromatic rings. The van der Waals surface area contributed by atoms with E-state index in [1.54, 1.807) is 0 Å². The fourth-order valence-electron chi connectivity index (χ4n) is 8.86. The Morgan fingerprint density at radius 1 is 0.306 bits per heavy atom. The number of aromatic nitrogens is 4. The fraction of sp³-hybridized carbons (Fsp3) is 0. The van der Waals surface area contributed by atoms with Crippen LogP contribution in [0, 0.1) is 0 Å². The van der Waals surface area contributed by atoms with Crippen LogP contribution >= 0.6 is 0 Å². The summed E-state index contributed by atoms with van der Waals surface area (Å²) >= 11 is 0.